The Morgan fingerprint density at radius 2 is 1.93 bits per heavy atom. The fraction of sp³-hybridized carbons (Fsp3) is 0.455. The van der Waals surface area contributed by atoms with Gasteiger partial charge >= 0.3 is 0 Å². The molecule has 0 aliphatic heterocycles. The van der Waals surface area contributed by atoms with Crippen molar-refractivity contribution in [2.75, 3.05) is 7.11 Å². The van der Waals surface area contributed by atoms with E-state index in [4.69, 9.17) is 10.5 Å². The van der Waals surface area contributed by atoms with Crippen LogP contribution in [0.5, 0.6) is 5.75 Å². The molecule has 0 atom stereocenters. The molecular formula is C11H15F2NO. The molecule has 84 valence electrons. The fourth-order valence-electron chi connectivity index (χ4n) is 1.39. The van der Waals surface area contributed by atoms with Crippen LogP contribution in [0.25, 0.3) is 0 Å². The third-order valence-corrected chi connectivity index (χ3v) is 1.95. The lowest BCUT2D eigenvalue weighted by Crippen LogP contribution is -2.34. The van der Waals surface area contributed by atoms with Gasteiger partial charge in [0.2, 0.25) is 0 Å². The second kappa shape index (κ2) is 4.14. The van der Waals surface area contributed by atoms with E-state index in [0.717, 1.165) is 12.1 Å². The number of ether oxygens (including phenoxy) is 1. The molecule has 0 radical (unpaired) electrons. The maximum atomic E-state index is 13.6. The largest absolute Gasteiger partial charge is 0.494 e. The van der Waals surface area contributed by atoms with Gasteiger partial charge in [-0.1, -0.05) is 0 Å². The summed E-state index contributed by atoms with van der Waals surface area (Å²) in [7, 11) is 1.30. The van der Waals surface area contributed by atoms with Crippen molar-refractivity contribution in [2.24, 2.45) is 5.73 Å². The summed E-state index contributed by atoms with van der Waals surface area (Å²) >= 11 is 0. The van der Waals surface area contributed by atoms with Crippen molar-refractivity contribution in [3.8, 4) is 5.75 Å². The molecule has 0 aliphatic carbocycles. The fourth-order valence-corrected chi connectivity index (χ4v) is 1.39. The first kappa shape index (κ1) is 11.9. The van der Waals surface area contributed by atoms with Gasteiger partial charge in [-0.05, 0) is 31.9 Å². The molecule has 0 aliphatic rings. The van der Waals surface area contributed by atoms with Crippen LogP contribution in [0, 0.1) is 11.6 Å². The summed E-state index contributed by atoms with van der Waals surface area (Å²) in [5, 5.41) is 0. The Labute approximate surface area is 88.0 Å². The number of halogens is 2. The van der Waals surface area contributed by atoms with Crippen LogP contribution in [0.2, 0.25) is 0 Å². The van der Waals surface area contributed by atoms with Crippen LogP contribution in [0.1, 0.15) is 19.4 Å². The Morgan fingerprint density at radius 3 is 2.40 bits per heavy atom. The number of methoxy groups -OCH3 is 1. The van der Waals surface area contributed by atoms with Crippen molar-refractivity contribution in [3.05, 3.63) is 29.3 Å². The summed E-state index contributed by atoms with van der Waals surface area (Å²) in [6, 6.07) is 2.16. The van der Waals surface area contributed by atoms with Gasteiger partial charge in [-0.25, -0.2) is 8.78 Å². The molecule has 4 heteroatoms. The highest BCUT2D eigenvalue weighted by atomic mass is 19.1. The molecule has 1 aromatic carbocycles. The molecule has 2 N–H and O–H groups in total. The normalized spacial score (nSPS) is 11.6. The van der Waals surface area contributed by atoms with Gasteiger partial charge in [0.05, 0.1) is 7.11 Å². The second-order valence-corrected chi connectivity index (χ2v) is 4.25. The van der Waals surface area contributed by atoms with Crippen molar-refractivity contribution >= 4 is 0 Å². The SMILES string of the molecule is COc1cc(F)cc(CC(C)(C)N)c1F. The van der Waals surface area contributed by atoms with Crippen LogP contribution >= 0.6 is 0 Å². The lowest BCUT2D eigenvalue weighted by molar-refractivity contribution is 0.377. The minimum Gasteiger partial charge on any atom is -0.494 e. The van der Waals surface area contributed by atoms with Crippen LogP contribution in [0.4, 0.5) is 8.78 Å². The van der Waals surface area contributed by atoms with Crippen LogP contribution < -0.4 is 10.5 Å². The standard InChI is InChI=1S/C11H15F2NO/c1-11(2,14)6-7-4-8(12)5-9(15-3)10(7)13/h4-5H,6,14H2,1-3H3. The molecule has 0 saturated heterocycles. The van der Waals surface area contributed by atoms with Crippen molar-refractivity contribution in [3.63, 3.8) is 0 Å². The smallest absolute Gasteiger partial charge is 0.168 e. The van der Waals surface area contributed by atoms with Gasteiger partial charge in [0.15, 0.2) is 11.6 Å². The van der Waals surface area contributed by atoms with E-state index >= 15 is 0 Å². The molecule has 2 nitrogen and oxygen atoms in total. The number of hydrogen-bond donors (Lipinski definition) is 1. The van der Waals surface area contributed by atoms with Gasteiger partial charge in [0, 0.05) is 11.6 Å². The van der Waals surface area contributed by atoms with Crippen molar-refractivity contribution in [1.82, 2.24) is 0 Å². The minimum atomic E-state index is -0.584. The maximum Gasteiger partial charge on any atom is 0.168 e. The van der Waals surface area contributed by atoms with Gasteiger partial charge in [-0.2, -0.15) is 0 Å². The highest BCUT2D eigenvalue weighted by molar-refractivity contribution is 5.33. The van der Waals surface area contributed by atoms with E-state index in [1.54, 1.807) is 13.8 Å². The Bertz CT molecular complexity index is 358. The number of nitrogens with two attached hydrogens (primary N) is 1. The molecule has 0 aromatic heterocycles. The first-order valence-electron chi connectivity index (χ1n) is 4.64. The van der Waals surface area contributed by atoms with Gasteiger partial charge in [0.25, 0.3) is 0 Å². The Balaban J connectivity index is 3.12. The van der Waals surface area contributed by atoms with Gasteiger partial charge in [-0.15, -0.1) is 0 Å². The lowest BCUT2D eigenvalue weighted by Gasteiger charge is -2.19. The first-order chi connectivity index (χ1) is 6.83. The third-order valence-electron chi connectivity index (χ3n) is 1.95. The van der Waals surface area contributed by atoms with Gasteiger partial charge in [0.1, 0.15) is 5.82 Å². The summed E-state index contributed by atoms with van der Waals surface area (Å²) in [6.45, 7) is 3.51. The molecule has 0 spiro atoms. The Hall–Kier alpha value is -1.16. The maximum absolute atomic E-state index is 13.6. The molecule has 15 heavy (non-hydrogen) atoms. The van der Waals surface area contributed by atoms with Crippen LogP contribution in [-0.4, -0.2) is 12.6 Å². The van der Waals surface area contributed by atoms with E-state index in [-0.39, 0.29) is 17.7 Å². The summed E-state index contributed by atoms with van der Waals surface area (Å²) in [5.74, 6) is -1.15. The quantitative estimate of drug-likeness (QED) is 0.839. The number of hydrogen-bond acceptors (Lipinski definition) is 2. The van der Waals surface area contributed by atoms with Crippen molar-refractivity contribution in [2.45, 2.75) is 25.8 Å². The number of benzene rings is 1. The zero-order valence-corrected chi connectivity index (χ0v) is 9.10. The lowest BCUT2D eigenvalue weighted by atomic mass is 9.95. The molecule has 1 aromatic rings. The molecule has 0 heterocycles. The van der Waals surface area contributed by atoms with E-state index in [1.807, 2.05) is 0 Å². The molecule has 0 unspecified atom stereocenters. The average Bonchev–Trinajstić information content (AvgIpc) is 2.08. The molecule has 0 saturated carbocycles. The molecule has 0 bridgehead atoms. The number of rotatable bonds is 3. The zero-order chi connectivity index (χ0) is 11.6. The van der Waals surface area contributed by atoms with Crippen molar-refractivity contribution in [1.29, 1.82) is 0 Å². The Morgan fingerprint density at radius 1 is 1.33 bits per heavy atom. The van der Waals surface area contributed by atoms with Gasteiger partial charge in [-0.3, -0.25) is 0 Å². The summed E-state index contributed by atoms with van der Waals surface area (Å²) in [6.07, 6.45) is 0.257. The topological polar surface area (TPSA) is 35.2 Å². The Kier molecular flexibility index (Phi) is 3.29. The van der Waals surface area contributed by atoms with Crippen molar-refractivity contribution < 1.29 is 13.5 Å². The van der Waals surface area contributed by atoms with E-state index in [2.05, 4.69) is 0 Å². The molecule has 0 amide bonds. The minimum absolute atomic E-state index is 0.0887. The van der Waals surface area contributed by atoms with E-state index in [1.165, 1.54) is 7.11 Å². The summed E-state index contributed by atoms with van der Waals surface area (Å²) < 4.78 is 31.4. The summed E-state index contributed by atoms with van der Waals surface area (Å²) in [4.78, 5) is 0. The molecule has 0 fully saturated rings. The van der Waals surface area contributed by atoms with Gasteiger partial charge < -0.3 is 10.5 Å². The molecular weight excluding hydrogens is 200 g/mol. The van der Waals surface area contributed by atoms with Crippen LogP contribution in [0.15, 0.2) is 12.1 Å². The second-order valence-electron chi connectivity index (χ2n) is 4.25. The highest BCUT2D eigenvalue weighted by Crippen LogP contribution is 2.24. The zero-order valence-electron chi connectivity index (χ0n) is 9.10. The third kappa shape index (κ3) is 3.16. The average molecular weight is 215 g/mol. The van der Waals surface area contributed by atoms with E-state index in [0.29, 0.717) is 0 Å². The van der Waals surface area contributed by atoms with E-state index in [9.17, 15) is 8.78 Å². The van der Waals surface area contributed by atoms with E-state index < -0.39 is 17.2 Å². The predicted octanol–water partition coefficient (Wildman–Crippen LogP) is 2.25. The summed E-state index contributed by atoms with van der Waals surface area (Å²) in [5.41, 5.74) is 5.40. The monoisotopic (exact) mass is 215 g/mol. The first-order valence-corrected chi connectivity index (χ1v) is 4.64. The van der Waals surface area contributed by atoms with Crippen LogP contribution in [-0.2, 0) is 6.42 Å². The van der Waals surface area contributed by atoms with Crippen LogP contribution in [0.3, 0.4) is 0 Å². The predicted molar refractivity (Wildman–Crippen MR) is 54.9 cm³/mol. The highest BCUT2D eigenvalue weighted by Gasteiger charge is 2.18. The molecule has 1 rings (SSSR count).